The Balaban J connectivity index is 1.86. The van der Waals surface area contributed by atoms with E-state index in [2.05, 4.69) is 24.2 Å². The van der Waals surface area contributed by atoms with Crippen LogP contribution in [0, 0.1) is 0 Å². The molecule has 0 aliphatic carbocycles. The average molecular weight is 242 g/mol. The van der Waals surface area contributed by atoms with E-state index in [-0.39, 0.29) is 0 Å². The Kier molecular flexibility index (Phi) is 8.67. The van der Waals surface area contributed by atoms with Gasteiger partial charge in [-0.05, 0) is 45.8 Å². The van der Waals surface area contributed by atoms with Gasteiger partial charge in [0.15, 0.2) is 0 Å². The summed E-state index contributed by atoms with van der Waals surface area (Å²) >= 11 is 0. The van der Waals surface area contributed by atoms with Crippen molar-refractivity contribution in [2.24, 2.45) is 0 Å². The molecule has 3 nitrogen and oxygen atoms in total. The second-order valence-electron chi connectivity index (χ2n) is 5.15. The smallest absolute Gasteiger partial charge is 0.0478 e. The molecule has 102 valence electrons. The maximum atomic E-state index is 5.54. The molecule has 0 aromatic heterocycles. The van der Waals surface area contributed by atoms with Gasteiger partial charge in [0.1, 0.15) is 0 Å². The van der Waals surface area contributed by atoms with Crippen molar-refractivity contribution >= 4 is 0 Å². The number of hydrogen-bond acceptors (Lipinski definition) is 3. The third kappa shape index (κ3) is 7.02. The minimum atomic E-state index is 0.754. The fourth-order valence-electron chi connectivity index (χ4n) is 2.32. The summed E-state index contributed by atoms with van der Waals surface area (Å²) in [5.41, 5.74) is 0. The van der Waals surface area contributed by atoms with Gasteiger partial charge in [-0.15, -0.1) is 0 Å². The van der Waals surface area contributed by atoms with Crippen LogP contribution >= 0.6 is 0 Å². The molecule has 0 radical (unpaired) electrons. The van der Waals surface area contributed by atoms with Gasteiger partial charge in [-0.25, -0.2) is 0 Å². The fraction of sp³-hybridized carbons (Fsp3) is 1.00. The molecule has 17 heavy (non-hydrogen) atoms. The molecule has 1 atom stereocenters. The highest BCUT2D eigenvalue weighted by atomic mass is 16.5. The standard InChI is InChI=1S/C14H30N2O/c1-3-4-11-17-12-7-9-15-13-14-8-5-6-10-16(14)2/h14-15H,3-13H2,1-2H3. The molecule has 0 aromatic carbocycles. The predicted octanol–water partition coefficient (Wildman–Crippen LogP) is 2.27. The Hall–Kier alpha value is -0.120. The number of hydrogen-bond donors (Lipinski definition) is 1. The van der Waals surface area contributed by atoms with E-state index < -0.39 is 0 Å². The summed E-state index contributed by atoms with van der Waals surface area (Å²) in [6, 6.07) is 0.754. The van der Waals surface area contributed by atoms with Crippen molar-refractivity contribution < 1.29 is 4.74 Å². The molecule has 3 heteroatoms. The van der Waals surface area contributed by atoms with Gasteiger partial charge < -0.3 is 15.0 Å². The van der Waals surface area contributed by atoms with Crippen LogP contribution in [0.5, 0.6) is 0 Å². The summed E-state index contributed by atoms with van der Waals surface area (Å²) in [5, 5.41) is 3.55. The Morgan fingerprint density at radius 1 is 1.24 bits per heavy atom. The fourth-order valence-corrected chi connectivity index (χ4v) is 2.32. The summed E-state index contributed by atoms with van der Waals surface area (Å²) < 4.78 is 5.54. The predicted molar refractivity (Wildman–Crippen MR) is 73.5 cm³/mol. The molecule has 1 saturated heterocycles. The van der Waals surface area contributed by atoms with Crippen LogP contribution in [0.2, 0.25) is 0 Å². The molecule has 1 rings (SSSR count). The monoisotopic (exact) mass is 242 g/mol. The van der Waals surface area contributed by atoms with E-state index in [4.69, 9.17) is 4.74 Å². The van der Waals surface area contributed by atoms with Crippen molar-refractivity contribution in [1.29, 1.82) is 0 Å². The molecule has 1 heterocycles. The minimum absolute atomic E-state index is 0.754. The van der Waals surface area contributed by atoms with Gasteiger partial charge in [-0.3, -0.25) is 0 Å². The van der Waals surface area contributed by atoms with Crippen LogP contribution in [-0.2, 0) is 4.74 Å². The van der Waals surface area contributed by atoms with Gasteiger partial charge in [0.2, 0.25) is 0 Å². The van der Waals surface area contributed by atoms with Gasteiger partial charge in [0.05, 0.1) is 0 Å². The Labute approximate surface area is 107 Å². The molecule has 1 N–H and O–H groups in total. The second-order valence-corrected chi connectivity index (χ2v) is 5.15. The lowest BCUT2D eigenvalue weighted by Gasteiger charge is -2.32. The second kappa shape index (κ2) is 9.86. The topological polar surface area (TPSA) is 24.5 Å². The lowest BCUT2D eigenvalue weighted by Crippen LogP contribution is -2.43. The Morgan fingerprint density at radius 2 is 2.06 bits per heavy atom. The normalized spacial score (nSPS) is 21.9. The van der Waals surface area contributed by atoms with Gasteiger partial charge in [-0.2, -0.15) is 0 Å². The molecular formula is C14H30N2O. The molecule has 1 aliphatic rings. The largest absolute Gasteiger partial charge is 0.381 e. The van der Waals surface area contributed by atoms with E-state index in [1.165, 1.54) is 38.6 Å². The van der Waals surface area contributed by atoms with Crippen molar-refractivity contribution in [2.45, 2.75) is 51.5 Å². The maximum absolute atomic E-state index is 5.54. The third-order valence-corrected chi connectivity index (χ3v) is 3.59. The van der Waals surface area contributed by atoms with E-state index in [1.54, 1.807) is 0 Å². The van der Waals surface area contributed by atoms with E-state index in [0.717, 1.165) is 38.8 Å². The molecule has 0 amide bonds. The molecule has 1 fully saturated rings. The highest BCUT2D eigenvalue weighted by Crippen LogP contribution is 2.13. The molecule has 1 aliphatic heterocycles. The lowest BCUT2D eigenvalue weighted by atomic mass is 10.0. The van der Waals surface area contributed by atoms with Crippen molar-refractivity contribution in [1.82, 2.24) is 10.2 Å². The van der Waals surface area contributed by atoms with Gasteiger partial charge in [0, 0.05) is 25.8 Å². The number of nitrogens with zero attached hydrogens (tertiary/aromatic N) is 1. The first-order valence-electron chi connectivity index (χ1n) is 7.33. The molecular weight excluding hydrogens is 212 g/mol. The number of nitrogens with one attached hydrogen (secondary N) is 1. The maximum Gasteiger partial charge on any atom is 0.0478 e. The minimum Gasteiger partial charge on any atom is -0.381 e. The first-order chi connectivity index (χ1) is 8.34. The average Bonchev–Trinajstić information content (AvgIpc) is 2.35. The Bertz CT molecular complexity index is 176. The van der Waals surface area contributed by atoms with Crippen LogP contribution in [0.1, 0.15) is 45.4 Å². The van der Waals surface area contributed by atoms with Crippen molar-refractivity contribution in [3.63, 3.8) is 0 Å². The number of likely N-dealkylation sites (N-methyl/N-ethyl adjacent to an activating group) is 1. The van der Waals surface area contributed by atoms with Crippen LogP contribution in [0.15, 0.2) is 0 Å². The van der Waals surface area contributed by atoms with E-state index in [9.17, 15) is 0 Å². The molecule has 1 unspecified atom stereocenters. The molecule has 0 saturated carbocycles. The zero-order valence-corrected chi connectivity index (χ0v) is 11.7. The van der Waals surface area contributed by atoms with Crippen LogP contribution in [0.4, 0.5) is 0 Å². The summed E-state index contributed by atoms with van der Waals surface area (Å²) in [5.74, 6) is 0. The zero-order chi connectivity index (χ0) is 12.3. The number of unbranched alkanes of at least 4 members (excludes halogenated alkanes) is 1. The summed E-state index contributed by atoms with van der Waals surface area (Å²) in [7, 11) is 2.25. The van der Waals surface area contributed by atoms with E-state index >= 15 is 0 Å². The first-order valence-corrected chi connectivity index (χ1v) is 7.33. The number of ether oxygens (including phenoxy) is 1. The number of likely N-dealkylation sites (tertiary alicyclic amines) is 1. The van der Waals surface area contributed by atoms with Crippen LogP contribution in [-0.4, -0.2) is 50.8 Å². The lowest BCUT2D eigenvalue weighted by molar-refractivity contribution is 0.127. The number of piperidine rings is 1. The van der Waals surface area contributed by atoms with Crippen molar-refractivity contribution in [2.75, 3.05) is 39.9 Å². The van der Waals surface area contributed by atoms with Crippen LogP contribution < -0.4 is 5.32 Å². The molecule has 0 bridgehead atoms. The van der Waals surface area contributed by atoms with E-state index in [1.807, 2.05) is 0 Å². The van der Waals surface area contributed by atoms with Crippen LogP contribution in [0.3, 0.4) is 0 Å². The van der Waals surface area contributed by atoms with Gasteiger partial charge in [-0.1, -0.05) is 19.8 Å². The first kappa shape index (κ1) is 14.9. The zero-order valence-electron chi connectivity index (χ0n) is 11.7. The number of rotatable bonds is 9. The van der Waals surface area contributed by atoms with Crippen molar-refractivity contribution in [3.8, 4) is 0 Å². The molecule has 0 aromatic rings. The molecule has 0 spiro atoms. The summed E-state index contributed by atoms with van der Waals surface area (Å²) in [6.45, 7) is 7.55. The van der Waals surface area contributed by atoms with Gasteiger partial charge >= 0.3 is 0 Å². The summed E-state index contributed by atoms with van der Waals surface area (Å²) in [4.78, 5) is 2.49. The highest BCUT2D eigenvalue weighted by Gasteiger charge is 2.17. The van der Waals surface area contributed by atoms with E-state index in [0.29, 0.717) is 0 Å². The van der Waals surface area contributed by atoms with Crippen LogP contribution in [0.25, 0.3) is 0 Å². The SMILES string of the molecule is CCCCOCCCNCC1CCCCN1C. The van der Waals surface area contributed by atoms with Gasteiger partial charge in [0.25, 0.3) is 0 Å². The highest BCUT2D eigenvalue weighted by molar-refractivity contribution is 4.75. The quantitative estimate of drug-likeness (QED) is 0.628. The van der Waals surface area contributed by atoms with Crippen molar-refractivity contribution in [3.05, 3.63) is 0 Å². The summed E-state index contributed by atoms with van der Waals surface area (Å²) in [6.07, 6.45) is 7.69. The third-order valence-electron chi connectivity index (χ3n) is 3.59. The Morgan fingerprint density at radius 3 is 2.82 bits per heavy atom.